The fourth-order valence-electron chi connectivity index (χ4n) is 2.24. The van der Waals surface area contributed by atoms with Crippen molar-refractivity contribution in [3.63, 3.8) is 0 Å². The second-order valence-electron chi connectivity index (χ2n) is 4.93. The first-order chi connectivity index (χ1) is 8.16. The zero-order valence-corrected chi connectivity index (χ0v) is 10.3. The lowest BCUT2D eigenvalue weighted by molar-refractivity contribution is -0.119. The van der Waals surface area contributed by atoms with E-state index >= 15 is 0 Å². The van der Waals surface area contributed by atoms with E-state index < -0.39 is 0 Å². The molecule has 1 aliphatic rings. The van der Waals surface area contributed by atoms with Gasteiger partial charge in [0, 0.05) is 12.6 Å². The molecule has 0 heterocycles. The first-order valence-electron chi connectivity index (χ1n) is 6.23. The molecule has 0 radical (unpaired) electrons. The van der Waals surface area contributed by atoms with E-state index in [0.717, 1.165) is 12.5 Å². The Hall–Kier alpha value is -1.35. The molecular formula is C14H20N2O. The minimum absolute atomic E-state index is 0.242. The molecule has 0 unspecified atom stereocenters. The topological polar surface area (TPSA) is 46.3 Å². The van der Waals surface area contributed by atoms with Gasteiger partial charge in [0.05, 0.1) is 6.54 Å². The third kappa shape index (κ3) is 3.56. The average molecular weight is 232 g/mol. The molecule has 1 aromatic rings. The molecule has 0 aliphatic heterocycles. The van der Waals surface area contributed by atoms with E-state index in [9.17, 15) is 4.79 Å². The molecule has 1 atom stereocenters. The van der Waals surface area contributed by atoms with Crippen LogP contribution >= 0.6 is 0 Å². The summed E-state index contributed by atoms with van der Waals surface area (Å²) in [6, 6.07) is 10.7. The van der Waals surface area contributed by atoms with Gasteiger partial charge in [-0.1, -0.05) is 30.3 Å². The summed E-state index contributed by atoms with van der Waals surface area (Å²) < 4.78 is 0. The molecule has 0 spiro atoms. The Morgan fingerprint density at radius 1 is 1.41 bits per heavy atom. The third-order valence-corrected chi connectivity index (χ3v) is 3.47. The largest absolute Gasteiger partial charge is 0.369 e. The summed E-state index contributed by atoms with van der Waals surface area (Å²) >= 11 is 0. The zero-order valence-electron chi connectivity index (χ0n) is 10.3. The lowest BCUT2D eigenvalue weighted by Crippen LogP contribution is -2.40. The molecule has 1 fully saturated rings. The maximum Gasteiger partial charge on any atom is 0.231 e. The minimum atomic E-state index is -0.242. The summed E-state index contributed by atoms with van der Waals surface area (Å²) in [4.78, 5) is 13.3. The number of benzene rings is 1. The molecule has 1 amide bonds. The van der Waals surface area contributed by atoms with E-state index in [1.165, 1.54) is 18.4 Å². The molecule has 17 heavy (non-hydrogen) atoms. The number of hydrogen-bond acceptors (Lipinski definition) is 2. The summed E-state index contributed by atoms with van der Waals surface area (Å²) in [5.74, 6) is 0.506. The molecule has 0 bridgehead atoms. The van der Waals surface area contributed by atoms with Gasteiger partial charge in [0.2, 0.25) is 5.91 Å². The highest BCUT2D eigenvalue weighted by atomic mass is 16.1. The first kappa shape index (κ1) is 12.1. The second kappa shape index (κ2) is 5.32. The molecule has 1 saturated carbocycles. The lowest BCUT2D eigenvalue weighted by Gasteiger charge is -2.28. The Labute approximate surface area is 103 Å². The number of nitrogens with zero attached hydrogens (tertiary/aromatic N) is 1. The van der Waals surface area contributed by atoms with Gasteiger partial charge >= 0.3 is 0 Å². The van der Waals surface area contributed by atoms with Crippen LogP contribution in [0.15, 0.2) is 30.3 Å². The van der Waals surface area contributed by atoms with Crippen LogP contribution in [0.2, 0.25) is 0 Å². The molecule has 2 rings (SSSR count). The Morgan fingerprint density at radius 3 is 2.59 bits per heavy atom. The molecule has 0 aromatic heterocycles. The quantitative estimate of drug-likeness (QED) is 0.812. The van der Waals surface area contributed by atoms with Crippen molar-refractivity contribution in [3.8, 4) is 0 Å². The number of hydrogen-bond donors (Lipinski definition) is 1. The van der Waals surface area contributed by atoms with Crippen molar-refractivity contribution in [3.05, 3.63) is 35.9 Å². The maximum atomic E-state index is 11.1. The molecule has 2 N–H and O–H groups in total. The van der Waals surface area contributed by atoms with Crippen molar-refractivity contribution in [2.45, 2.75) is 32.4 Å². The fraction of sp³-hybridized carbons (Fsp3) is 0.500. The molecule has 3 heteroatoms. The Kier molecular flexibility index (Phi) is 3.79. The SMILES string of the molecule is C[C@H](C1CC1)N(CC(N)=O)Cc1ccccc1. The van der Waals surface area contributed by atoms with E-state index in [-0.39, 0.29) is 5.91 Å². The summed E-state index contributed by atoms with van der Waals surface area (Å²) in [5.41, 5.74) is 6.56. The fourth-order valence-corrected chi connectivity index (χ4v) is 2.24. The minimum Gasteiger partial charge on any atom is -0.369 e. The molecule has 92 valence electrons. The van der Waals surface area contributed by atoms with Gasteiger partial charge in [-0.3, -0.25) is 9.69 Å². The highest BCUT2D eigenvalue weighted by molar-refractivity contribution is 5.75. The lowest BCUT2D eigenvalue weighted by atomic mass is 10.1. The number of carbonyl (C=O) groups excluding carboxylic acids is 1. The van der Waals surface area contributed by atoms with Crippen LogP contribution in [-0.2, 0) is 11.3 Å². The van der Waals surface area contributed by atoms with E-state index in [1.807, 2.05) is 18.2 Å². The highest BCUT2D eigenvalue weighted by Gasteiger charge is 2.32. The van der Waals surface area contributed by atoms with E-state index in [1.54, 1.807) is 0 Å². The zero-order chi connectivity index (χ0) is 12.3. The van der Waals surface area contributed by atoms with Gasteiger partial charge in [-0.25, -0.2) is 0 Å². The van der Waals surface area contributed by atoms with Gasteiger partial charge in [-0.15, -0.1) is 0 Å². The van der Waals surface area contributed by atoms with Crippen molar-refractivity contribution < 1.29 is 4.79 Å². The van der Waals surface area contributed by atoms with E-state index in [2.05, 4.69) is 24.0 Å². The van der Waals surface area contributed by atoms with Crippen molar-refractivity contribution >= 4 is 5.91 Å². The van der Waals surface area contributed by atoms with Crippen LogP contribution in [0.1, 0.15) is 25.3 Å². The predicted molar refractivity (Wildman–Crippen MR) is 68.2 cm³/mol. The van der Waals surface area contributed by atoms with Crippen LogP contribution in [0, 0.1) is 5.92 Å². The van der Waals surface area contributed by atoms with Crippen LogP contribution in [0.4, 0.5) is 0 Å². The summed E-state index contributed by atoms with van der Waals surface area (Å²) in [6.45, 7) is 3.36. The van der Waals surface area contributed by atoms with Crippen molar-refractivity contribution in [2.75, 3.05) is 6.54 Å². The average Bonchev–Trinajstić information content (AvgIpc) is 3.12. The highest BCUT2D eigenvalue weighted by Crippen LogP contribution is 2.35. The van der Waals surface area contributed by atoms with Crippen LogP contribution in [0.5, 0.6) is 0 Å². The number of carbonyl (C=O) groups is 1. The maximum absolute atomic E-state index is 11.1. The number of amides is 1. The molecule has 1 aromatic carbocycles. The summed E-state index contributed by atoms with van der Waals surface area (Å²) in [6.07, 6.45) is 2.57. The monoisotopic (exact) mass is 232 g/mol. The van der Waals surface area contributed by atoms with Gasteiger partial charge in [-0.05, 0) is 31.2 Å². The van der Waals surface area contributed by atoms with Crippen molar-refractivity contribution in [1.29, 1.82) is 0 Å². The second-order valence-corrected chi connectivity index (χ2v) is 4.93. The number of rotatable bonds is 6. The Morgan fingerprint density at radius 2 is 2.06 bits per heavy atom. The van der Waals surface area contributed by atoms with Crippen LogP contribution in [0.3, 0.4) is 0 Å². The van der Waals surface area contributed by atoms with Gasteiger partial charge in [0.15, 0.2) is 0 Å². The van der Waals surface area contributed by atoms with Crippen molar-refractivity contribution in [2.24, 2.45) is 11.7 Å². The first-order valence-corrected chi connectivity index (χ1v) is 6.23. The van der Waals surface area contributed by atoms with Gasteiger partial charge < -0.3 is 5.73 Å². The normalized spacial score (nSPS) is 17.1. The van der Waals surface area contributed by atoms with E-state index in [0.29, 0.717) is 12.6 Å². The van der Waals surface area contributed by atoms with Gasteiger partial charge in [0.25, 0.3) is 0 Å². The molecule has 1 aliphatic carbocycles. The van der Waals surface area contributed by atoms with Crippen LogP contribution < -0.4 is 5.73 Å². The third-order valence-electron chi connectivity index (χ3n) is 3.47. The van der Waals surface area contributed by atoms with Crippen LogP contribution in [-0.4, -0.2) is 23.4 Å². The van der Waals surface area contributed by atoms with Gasteiger partial charge in [-0.2, -0.15) is 0 Å². The van der Waals surface area contributed by atoms with Crippen molar-refractivity contribution in [1.82, 2.24) is 4.90 Å². The number of nitrogens with two attached hydrogens (primary N) is 1. The molecule has 3 nitrogen and oxygen atoms in total. The predicted octanol–water partition coefficient (Wildman–Crippen LogP) is 1.77. The van der Waals surface area contributed by atoms with E-state index in [4.69, 9.17) is 5.73 Å². The standard InChI is InChI=1S/C14H20N2O/c1-11(13-7-8-13)16(10-14(15)17)9-12-5-3-2-4-6-12/h2-6,11,13H,7-10H2,1H3,(H2,15,17)/t11-/m1/s1. The molecular weight excluding hydrogens is 212 g/mol. The molecule has 0 saturated heterocycles. The summed E-state index contributed by atoms with van der Waals surface area (Å²) in [7, 11) is 0. The summed E-state index contributed by atoms with van der Waals surface area (Å²) in [5, 5.41) is 0. The Bertz CT molecular complexity index is 373. The number of primary amides is 1. The smallest absolute Gasteiger partial charge is 0.231 e. The van der Waals surface area contributed by atoms with Crippen LogP contribution in [0.25, 0.3) is 0 Å². The Balaban J connectivity index is 2.01. The van der Waals surface area contributed by atoms with Gasteiger partial charge in [0.1, 0.15) is 0 Å².